The molecule has 0 spiro atoms. The van der Waals surface area contributed by atoms with Crippen molar-refractivity contribution in [3.63, 3.8) is 0 Å². The molecule has 0 unspecified atom stereocenters. The Morgan fingerprint density at radius 2 is 0.867 bits per heavy atom. The van der Waals surface area contributed by atoms with E-state index in [0.717, 1.165) is 0 Å². The normalized spacial score (nSPS) is 15.3. The van der Waals surface area contributed by atoms with Gasteiger partial charge in [-0.2, -0.15) is 16.8 Å². The Morgan fingerprint density at radius 3 is 1.00 bits per heavy atom. The number of hydrogen-bond acceptors (Lipinski definition) is 5. The zero-order chi connectivity index (χ0) is 12.7. The quantitative estimate of drug-likeness (QED) is 0.431. The van der Waals surface area contributed by atoms with E-state index in [1.165, 1.54) is 0 Å². The highest BCUT2D eigenvalue weighted by Crippen LogP contribution is 2.45. The van der Waals surface area contributed by atoms with E-state index in [2.05, 4.69) is 99.2 Å². The van der Waals surface area contributed by atoms with Gasteiger partial charge >= 0.3 is 20.2 Å². The van der Waals surface area contributed by atoms with E-state index < -0.39 is 23.2 Å². The monoisotopic (exact) mass is 641 g/mol. The van der Waals surface area contributed by atoms with Crippen molar-refractivity contribution in [3.8, 4) is 0 Å². The summed E-state index contributed by atoms with van der Waals surface area (Å²) in [4.78, 5) is 0. The Balaban J connectivity index is 5.28. The molecule has 0 atom stereocenters. The summed E-state index contributed by atoms with van der Waals surface area (Å²) in [5.41, 5.74) is 0. The van der Waals surface area contributed by atoms with Crippen LogP contribution in [0.4, 0.5) is 0 Å². The van der Waals surface area contributed by atoms with Gasteiger partial charge in [-0.25, -0.2) is 0 Å². The van der Waals surface area contributed by atoms with Crippen LogP contribution < -0.4 is 0 Å². The van der Waals surface area contributed by atoms with Crippen LogP contribution in [0.5, 0.6) is 0 Å². The Hall–Kier alpha value is 2.74. The molecule has 0 amide bonds. The van der Waals surface area contributed by atoms with E-state index in [0.29, 0.717) is 0 Å². The summed E-state index contributed by atoms with van der Waals surface area (Å²) in [5, 5.41) is 0. The van der Waals surface area contributed by atoms with Gasteiger partial charge in [-0.05, 0) is 95.6 Å². The maximum Gasteiger partial charge on any atom is 0.318 e. The Morgan fingerprint density at radius 1 is 0.667 bits per heavy atom. The highest BCUT2D eigenvalue weighted by molar-refractivity contribution is 9.43. The first kappa shape index (κ1) is 17.7. The van der Waals surface area contributed by atoms with Crippen LogP contribution in [0.15, 0.2) is 0 Å². The summed E-state index contributed by atoms with van der Waals surface area (Å²) in [6, 6.07) is 0. The fraction of sp³-hybridized carbons (Fsp3) is 1.00. The molecule has 0 aliphatic heterocycles. The molecule has 0 saturated carbocycles. The summed E-state index contributed by atoms with van der Waals surface area (Å²) < 4.78 is 45.5. The van der Waals surface area contributed by atoms with Crippen LogP contribution in [-0.2, 0) is 23.9 Å². The number of halogens is 6. The van der Waals surface area contributed by atoms with Gasteiger partial charge in [0.25, 0.3) is 2.95 Å². The summed E-state index contributed by atoms with van der Waals surface area (Å²) in [7, 11) is -8.93. The van der Waals surface area contributed by atoms with Crippen LogP contribution in [-0.4, -0.2) is 19.8 Å². The van der Waals surface area contributed by atoms with Crippen molar-refractivity contribution in [3.05, 3.63) is 0 Å². The van der Waals surface area contributed by atoms with Crippen molar-refractivity contribution >= 4 is 116 Å². The third-order valence-electron chi connectivity index (χ3n) is 0.746. The Bertz CT molecular complexity index is 381. The van der Waals surface area contributed by atoms with Gasteiger partial charge in [0.15, 0.2) is 0 Å². The van der Waals surface area contributed by atoms with Crippen LogP contribution >= 0.6 is 95.6 Å². The molecular formula is C2Br6O5S2. The molecule has 13 heteroatoms. The number of rotatable bonds is 2. The van der Waals surface area contributed by atoms with Crippen LogP contribution in [0.2, 0.25) is 0 Å². The molecule has 0 rings (SSSR count). The standard InChI is InChI=1S/C2Br6O5S2/c3-1(4,5)14(9,10)13-15(11,12)2(6,7)8. The third-order valence-corrected chi connectivity index (χ3v) is 10.5. The molecule has 0 N–H and O–H groups in total. The molecule has 15 heavy (non-hydrogen) atoms. The van der Waals surface area contributed by atoms with Crippen molar-refractivity contribution in [2.75, 3.05) is 0 Å². The second kappa shape index (κ2) is 5.39. The van der Waals surface area contributed by atoms with Crippen molar-refractivity contribution in [2.45, 2.75) is 2.95 Å². The van der Waals surface area contributed by atoms with Gasteiger partial charge in [0.1, 0.15) is 0 Å². The van der Waals surface area contributed by atoms with Crippen molar-refractivity contribution in [1.29, 1.82) is 0 Å². The lowest BCUT2D eigenvalue weighted by atomic mass is 11.9. The molecule has 0 radical (unpaired) electrons. The Kier molecular flexibility index (Phi) is 6.37. The van der Waals surface area contributed by atoms with Crippen LogP contribution in [0.25, 0.3) is 0 Å². The lowest BCUT2D eigenvalue weighted by molar-refractivity contribution is 0.466. The molecule has 0 bridgehead atoms. The molecule has 0 aromatic rings. The predicted octanol–water partition coefficient (Wildman–Crippen LogP) is 3.25. The third kappa shape index (κ3) is 5.09. The second-order valence-electron chi connectivity index (χ2n) is 1.87. The van der Waals surface area contributed by atoms with Gasteiger partial charge in [0.2, 0.25) is 0 Å². The van der Waals surface area contributed by atoms with Gasteiger partial charge in [0, 0.05) is 0 Å². The first-order valence-corrected chi connectivity index (χ1v) is 10.1. The topological polar surface area (TPSA) is 77.5 Å². The zero-order valence-electron chi connectivity index (χ0n) is 6.13. The van der Waals surface area contributed by atoms with Gasteiger partial charge in [-0.3, -0.25) is 0 Å². The second-order valence-corrected chi connectivity index (χ2v) is 22.1. The lowest BCUT2D eigenvalue weighted by Crippen LogP contribution is -2.29. The summed E-state index contributed by atoms with van der Waals surface area (Å²) in [5.74, 6) is 0. The maximum absolute atomic E-state index is 11.3. The maximum atomic E-state index is 11.3. The van der Waals surface area contributed by atoms with Crippen LogP contribution in [0.3, 0.4) is 0 Å². The van der Waals surface area contributed by atoms with Crippen molar-refractivity contribution < 1.29 is 20.5 Å². The van der Waals surface area contributed by atoms with Gasteiger partial charge < -0.3 is 0 Å². The first-order chi connectivity index (χ1) is 6.21. The molecule has 0 aliphatic carbocycles. The van der Waals surface area contributed by atoms with Crippen molar-refractivity contribution in [2.24, 2.45) is 0 Å². The van der Waals surface area contributed by atoms with Crippen LogP contribution in [0.1, 0.15) is 0 Å². The molecule has 0 aromatic carbocycles. The SMILES string of the molecule is O=S(=O)(OS(=O)(=O)C(Br)(Br)Br)C(Br)(Br)Br. The lowest BCUT2D eigenvalue weighted by Gasteiger charge is -2.16. The summed E-state index contributed by atoms with van der Waals surface area (Å²) in [6.07, 6.45) is 0. The highest BCUT2D eigenvalue weighted by atomic mass is 80.0. The highest BCUT2D eigenvalue weighted by Gasteiger charge is 2.47. The van der Waals surface area contributed by atoms with E-state index >= 15 is 0 Å². The number of hydrogen-bond donors (Lipinski definition) is 0. The predicted molar refractivity (Wildman–Crippen MR) is 77.9 cm³/mol. The van der Waals surface area contributed by atoms with Crippen LogP contribution in [0, 0.1) is 0 Å². The van der Waals surface area contributed by atoms with Gasteiger partial charge in [-0.15, -0.1) is 3.63 Å². The minimum Gasteiger partial charge on any atom is -0.195 e. The fourth-order valence-corrected chi connectivity index (χ4v) is 4.67. The van der Waals surface area contributed by atoms with Gasteiger partial charge in [-0.1, -0.05) is 0 Å². The fourth-order valence-electron chi connectivity index (χ4n) is 0.195. The average Bonchev–Trinajstić information content (AvgIpc) is 1.77. The molecule has 0 fully saturated rings. The molecule has 0 saturated heterocycles. The number of alkyl halides is 6. The molecule has 5 nitrogen and oxygen atoms in total. The minimum absolute atomic E-state index is 1.88. The molecule has 0 aromatic heterocycles. The smallest absolute Gasteiger partial charge is 0.195 e. The van der Waals surface area contributed by atoms with E-state index in [4.69, 9.17) is 0 Å². The molecule has 0 heterocycles. The minimum atomic E-state index is -4.47. The Labute approximate surface area is 137 Å². The summed E-state index contributed by atoms with van der Waals surface area (Å²) >= 11 is 15.8. The van der Waals surface area contributed by atoms with Crippen molar-refractivity contribution in [1.82, 2.24) is 0 Å². The summed E-state index contributed by atoms with van der Waals surface area (Å²) in [6.45, 7) is 0. The van der Waals surface area contributed by atoms with E-state index in [-0.39, 0.29) is 0 Å². The van der Waals surface area contributed by atoms with E-state index in [9.17, 15) is 16.8 Å². The molecule has 0 aliphatic rings. The van der Waals surface area contributed by atoms with E-state index in [1.807, 2.05) is 0 Å². The zero-order valence-corrected chi connectivity index (χ0v) is 17.3. The first-order valence-electron chi connectivity index (χ1n) is 2.54. The van der Waals surface area contributed by atoms with E-state index in [1.54, 1.807) is 0 Å². The molecular weight excluding hydrogens is 648 g/mol. The largest absolute Gasteiger partial charge is 0.318 e. The average molecular weight is 648 g/mol. The molecule has 92 valence electrons. The van der Waals surface area contributed by atoms with Gasteiger partial charge in [0.05, 0.1) is 0 Å².